The summed E-state index contributed by atoms with van der Waals surface area (Å²) in [6, 6.07) is 2.19. The van der Waals surface area contributed by atoms with Gasteiger partial charge in [-0.1, -0.05) is 15.9 Å². The summed E-state index contributed by atoms with van der Waals surface area (Å²) in [5.74, 6) is 0. The highest BCUT2D eigenvalue weighted by atomic mass is 79.9. The van der Waals surface area contributed by atoms with Gasteiger partial charge in [0.1, 0.15) is 0 Å². The standard InChI is InChI=1S/C10H17BrN2/c1-3-13-10(6-4-5-7-11)8-9(2)12-13/h8H,3-7H2,1-2H3. The first-order valence-corrected chi connectivity index (χ1v) is 5.99. The Balaban J connectivity index is 2.53. The number of alkyl halides is 1. The van der Waals surface area contributed by atoms with Crippen molar-refractivity contribution in [2.24, 2.45) is 0 Å². The number of unbranched alkanes of at least 4 members (excludes halogenated alkanes) is 1. The van der Waals surface area contributed by atoms with E-state index < -0.39 is 0 Å². The second-order valence-electron chi connectivity index (χ2n) is 3.24. The molecule has 0 bridgehead atoms. The molecule has 0 saturated heterocycles. The van der Waals surface area contributed by atoms with Gasteiger partial charge in [-0.25, -0.2) is 0 Å². The third-order valence-corrected chi connectivity index (χ3v) is 2.66. The molecule has 0 N–H and O–H groups in total. The van der Waals surface area contributed by atoms with Gasteiger partial charge in [-0.3, -0.25) is 4.68 Å². The first kappa shape index (κ1) is 10.8. The van der Waals surface area contributed by atoms with E-state index >= 15 is 0 Å². The highest BCUT2D eigenvalue weighted by Crippen LogP contribution is 2.08. The van der Waals surface area contributed by atoms with Crippen LogP contribution in [0.2, 0.25) is 0 Å². The van der Waals surface area contributed by atoms with Gasteiger partial charge in [0, 0.05) is 17.6 Å². The van der Waals surface area contributed by atoms with Crippen molar-refractivity contribution in [3.63, 3.8) is 0 Å². The predicted octanol–water partition coefficient (Wildman–Crippen LogP) is 2.93. The highest BCUT2D eigenvalue weighted by Gasteiger charge is 2.02. The van der Waals surface area contributed by atoms with Crippen LogP contribution >= 0.6 is 15.9 Å². The third kappa shape index (κ3) is 3.14. The van der Waals surface area contributed by atoms with E-state index in [-0.39, 0.29) is 0 Å². The molecule has 0 saturated carbocycles. The lowest BCUT2D eigenvalue weighted by molar-refractivity contribution is 0.604. The molecule has 2 nitrogen and oxygen atoms in total. The summed E-state index contributed by atoms with van der Waals surface area (Å²) in [5, 5.41) is 5.52. The predicted molar refractivity (Wildman–Crippen MR) is 59.4 cm³/mol. The molecule has 0 atom stereocenters. The molecule has 1 aromatic heterocycles. The molecule has 0 radical (unpaired) electrons. The molecule has 1 aromatic rings. The molecule has 74 valence electrons. The number of halogens is 1. The SMILES string of the molecule is CCn1nc(C)cc1CCCCBr. The van der Waals surface area contributed by atoms with Crippen molar-refractivity contribution in [2.45, 2.75) is 39.7 Å². The molecule has 0 aliphatic rings. The summed E-state index contributed by atoms with van der Waals surface area (Å²) in [6.07, 6.45) is 3.64. The smallest absolute Gasteiger partial charge is 0.0596 e. The maximum atomic E-state index is 4.41. The average molecular weight is 245 g/mol. The minimum absolute atomic E-state index is 0.984. The van der Waals surface area contributed by atoms with Crippen LogP contribution in [0.3, 0.4) is 0 Å². The fraction of sp³-hybridized carbons (Fsp3) is 0.700. The lowest BCUT2D eigenvalue weighted by atomic mass is 10.2. The molecule has 0 unspecified atom stereocenters. The molecule has 1 heterocycles. The van der Waals surface area contributed by atoms with Crippen molar-refractivity contribution in [1.82, 2.24) is 9.78 Å². The van der Waals surface area contributed by atoms with Crippen LogP contribution in [-0.2, 0) is 13.0 Å². The number of rotatable bonds is 5. The van der Waals surface area contributed by atoms with E-state index in [1.165, 1.54) is 18.5 Å². The van der Waals surface area contributed by atoms with Crippen LogP contribution in [0.25, 0.3) is 0 Å². The van der Waals surface area contributed by atoms with Crippen molar-refractivity contribution in [2.75, 3.05) is 5.33 Å². The maximum Gasteiger partial charge on any atom is 0.0596 e. The molecule has 3 heteroatoms. The summed E-state index contributed by atoms with van der Waals surface area (Å²) in [4.78, 5) is 0. The molecule has 0 aliphatic heterocycles. The Labute approximate surface area is 88.5 Å². The van der Waals surface area contributed by atoms with Gasteiger partial charge in [0.15, 0.2) is 0 Å². The van der Waals surface area contributed by atoms with Gasteiger partial charge in [-0.05, 0) is 39.2 Å². The summed E-state index contributed by atoms with van der Waals surface area (Å²) in [6.45, 7) is 5.18. The number of hydrogen-bond donors (Lipinski definition) is 0. The van der Waals surface area contributed by atoms with Crippen molar-refractivity contribution < 1.29 is 0 Å². The van der Waals surface area contributed by atoms with E-state index in [1.807, 2.05) is 0 Å². The summed E-state index contributed by atoms with van der Waals surface area (Å²) in [7, 11) is 0. The zero-order valence-electron chi connectivity index (χ0n) is 8.39. The molecule has 0 aromatic carbocycles. The Hall–Kier alpha value is -0.310. The summed E-state index contributed by atoms with van der Waals surface area (Å²) < 4.78 is 2.10. The van der Waals surface area contributed by atoms with Crippen molar-refractivity contribution >= 4 is 15.9 Å². The molecule has 0 amide bonds. The Morgan fingerprint density at radius 1 is 1.46 bits per heavy atom. The second-order valence-corrected chi connectivity index (χ2v) is 4.03. The molecule has 13 heavy (non-hydrogen) atoms. The zero-order chi connectivity index (χ0) is 9.68. The zero-order valence-corrected chi connectivity index (χ0v) is 9.97. The van der Waals surface area contributed by atoms with Crippen molar-refractivity contribution in [3.8, 4) is 0 Å². The van der Waals surface area contributed by atoms with Crippen molar-refractivity contribution in [1.29, 1.82) is 0 Å². The fourth-order valence-electron chi connectivity index (χ4n) is 1.47. The average Bonchev–Trinajstić information content (AvgIpc) is 2.47. The quantitative estimate of drug-likeness (QED) is 0.576. The number of nitrogens with zero attached hydrogens (tertiary/aromatic N) is 2. The molecular weight excluding hydrogens is 228 g/mol. The van der Waals surface area contributed by atoms with Crippen LogP contribution in [0, 0.1) is 6.92 Å². The monoisotopic (exact) mass is 244 g/mol. The van der Waals surface area contributed by atoms with Gasteiger partial charge in [-0.2, -0.15) is 5.10 Å². The largest absolute Gasteiger partial charge is 0.270 e. The highest BCUT2D eigenvalue weighted by molar-refractivity contribution is 9.09. The molecule has 0 fully saturated rings. The Morgan fingerprint density at radius 2 is 2.23 bits per heavy atom. The van der Waals surface area contributed by atoms with Crippen LogP contribution in [-0.4, -0.2) is 15.1 Å². The van der Waals surface area contributed by atoms with Gasteiger partial charge in [0.05, 0.1) is 5.69 Å². The van der Waals surface area contributed by atoms with Gasteiger partial charge in [0.2, 0.25) is 0 Å². The first-order chi connectivity index (χ1) is 6.27. The van der Waals surface area contributed by atoms with E-state index in [2.05, 4.69) is 45.6 Å². The Bertz CT molecular complexity index is 255. The number of hydrogen-bond acceptors (Lipinski definition) is 1. The van der Waals surface area contributed by atoms with Crippen LogP contribution < -0.4 is 0 Å². The minimum atomic E-state index is 0.984. The van der Waals surface area contributed by atoms with Gasteiger partial charge in [-0.15, -0.1) is 0 Å². The van der Waals surface area contributed by atoms with E-state index in [9.17, 15) is 0 Å². The van der Waals surface area contributed by atoms with E-state index in [0.717, 1.165) is 24.0 Å². The van der Waals surface area contributed by atoms with Gasteiger partial charge in [0.25, 0.3) is 0 Å². The number of aryl methyl sites for hydroxylation is 3. The van der Waals surface area contributed by atoms with E-state index in [1.54, 1.807) is 0 Å². The van der Waals surface area contributed by atoms with Crippen LogP contribution in [0.1, 0.15) is 31.2 Å². The minimum Gasteiger partial charge on any atom is -0.270 e. The first-order valence-electron chi connectivity index (χ1n) is 4.87. The normalized spacial score (nSPS) is 10.7. The third-order valence-electron chi connectivity index (χ3n) is 2.10. The fourth-order valence-corrected chi connectivity index (χ4v) is 1.87. The molecular formula is C10H17BrN2. The lowest BCUT2D eigenvalue weighted by Gasteiger charge is -2.02. The molecule has 0 spiro atoms. The summed E-state index contributed by atoms with van der Waals surface area (Å²) >= 11 is 3.44. The van der Waals surface area contributed by atoms with Gasteiger partial charge < -0.3 is 0 Å². The Morgan fingerprint density at radius 3 is 2.85 bits per heavy atom. The second kappa shape index (κ2) is 5.43. The van der Waals surface area contributed by atoms with E-state index in [4.69, 9.17) is 0 Å². The Kier molecular flexibility index (Phi) is 4.50. The number of aromatic nitrogens is 2. The topological polar surface area (TPSA) is 17.8 Å². The maximum absolute atomic E-state index is 4.41. The molecule has 1 rings (SSSR count). The molecule has 0 aliphatic carbocycles. The van der Waals surface area contributed by atoms with Crippen molar-refractivity contribution in [3.05, 3.63) is 17.5 Å². The van der Waals surface area contributed by atoms with Gasteiger partial charge >= 0.3 is 0 Å². The van der Waals surface area contributed by atoms with Crippen LogP contribution in [0.5, 0.6) is 0 Å². The van der Waals surface area contributed by atoms with Crippen LogP contribution in [0.4, 0.5) is 0 Å². The van der Waals surface area contributed by atoms with Crippen LogP contribution in [0.15, 0.2) is 6.07 Å². The summed E-state index contributed by atoms with van der Waals surface area (Å²) in [5.41, 5.74) is 2.51. The van der Waals surface area contributed by atoms with E-state index in [0.29, 0.717) is 0 Å². The lowest BCUT2D eigenvalue weighted by Crippen LogP contribution is -2.02.